The van der Waals surface area contributed by atoms with Crippen LogP contribution in [0.15, 0.2) is 46.9 Å². The van der Waals surface area contributed by atoms with Crippen molar-refractivity contribution >= 4 is 59.3 Å². The summed E-state index contributed by atoms with van der Waals surface area (Å²) >= 11 is 8.89. The lowest BCUT2D eigenvalue weighted by molar-refractivity contribution is 0.0527. The van der Waals surface area contributed by atoms with Gasteiger partial charge in [-0.15, -0.1) is 11.3 Å². The number of alkyl halides is 1. The maximum absolute atomic E-state index is 12.2. The Morgan fingerprint density at radius 1 is 1.22 bits per heavy atom. The fourth-order valence-electron chi connectivity index (χ4n) is 2.44. The zero-order valence-electron chi connectivity index (χ0n) is 12.4. The van der Waals surface area contributed by atoms with Crippen LogP contribution in [-0.4, -0.2) is 12.6 Å². The van der Waals surface area contributed by atoms with Crippen LogP contribution in [0.25, 0.3) is 20.5 Å². The van der Waals surface area contributed by atoms with Gasteiger partial charge in [0, 0.05) is 25.5 Å². The molecule has 0 amide bonds. The zero-order chi connectivity index (χ0) is 16.4. The highest BCUT2D eigenvalue weighted by Gasteiger charge is 2.18. The number of ether oxygens (including phenoxy) is 1. The average Bonchev–Trinajstić information content (AvgIpc) is 2.91. The summed E-state index contributed by atoms with van der Waals surface area (Å²) in [6.45, 7) is 2.19. The molecule has 0 saturated carbocycles. The van der Waals surface area contributed by atoms with E-state index in [-0.39, 0.29) is 5.97 Å². The van der Waals surface area contributed by atoms with E-state index < -0.39 is 0 Å². The van der Waals surface area contributed by atoms with Gasteiger partial charge in [0.05, 0.1) is 17.0 Å². The van der Waals surface area contributed by atoms with Crippen molar-refractivity contribution in [1.29, 1.82) is 0 Å². The smallest absolute Gasteiger partial charge is 0.338 e. The van der Waals surface area contributed by atoms with Crippen LogP contribution in [0.4, 0.5) is 0 Å². The first-order chi connectivity index (χ1) is 11.2. The lowest BCUT2D eigenvalue weighted by atomic mass is 10.1. The summed E-state index contributed by atoms with van der Waals surface area (Å²) in [6, 6.07) is 14.0. The maximum atomic E-state index is 12.2. The van der Waals surface area contributed by atoms with Crippen LogP contribution in [0, 0.1) is 0 Å². The van der Waals surface area contributed by atoms with E-state index in [0.29, 0.717) is 12.2 Å². The first-order valence-corrected chi connectivity index (χ1v) is 9.92. The molecule has 0 aliphatic heterocycles. The molecule has 2 aromatic carbocycles. The molecule has 1 heterocycles. The SMILES string of the molecule is CCOC(=O)c1ccccc1-c1sc2ccc(CBr)cc2c1Br. The van der Waals surface area contributed by atoms with Crippen molar-refractivity contribution in [3.8, 4) is 10.4 Å². The molecular formula is C18H14Br2O2S. The molecule has 0 bridgehead atoms. The molecule has 0 aliphatic rings. The van der Waals surface area contributed by atoms with Crippen LogP contribution in [-0.2, 0) is 10.1 Å². The Kier molecular flexibility index (Phi) is 5.19. The number of benzene rings is 2. The van der Waals surface area contributed by atoms with Crippen LogP contribution in [0.5, 0.6) is 0 Å². The second kappa shape index (κ2) is 7.16. The number of rotatable bonds is 4. The molecule has 0 unspecified atom stereocenters. The zero-order valence-corrected chi connectivity index (χ0v) is 16.4. The van der Waals surface area contributed by atoms with Gasteiger partial charge in [0.25, 0.3) is 0 Å². The fraction of sp³-hybridized carbons (Fsp3) is 0.167. The van der Waals surface area contributed by atoms with Crippen LogP contribution < -0.4 is 0 Å². The lowest BCUT2D eigenvalue weighted by Crippen LogP contribution is -2.05. The maximum Gasteiger partial charge on any atom is 0.338 e. The Labute approximate surface area is 155 Å². The van der Waals surface area contributed by atoms with Crippen LogP contribution in [0.1, 0.15) is 22.8 Å². The van der Waals surface area contributed by atoms with Gasteiger partial charge in [-0.3, -0.25) is 0 Å². The Hall–Kier alpha value is -1.17. The fourth-order valence-corrected chi connectivity index (χ4v) is 4.82. The van der Waals surface area contributed by atoms with Gasteiger partial charge in [-0.1, -0.05) is 40.2 Å². The standard InChI is InChI=1S/C18H14Br2O2S/c1-2-22-18(21)13-6-4-3-5-12(13)17-16(20)14-9-11(10-19)7-8-15(14)23-17/h3-9H,2,10H2,1H3. The van der Waals surface area contributed by atoms with Crippen molar-refractivity contribution in [2.24, 2.45) is 0 Å². The Bertz CT molecular complexity index is 871. The summed E-state index contributed by atoms with van der Waals surface area (Å²) in [4.78, 5) is 13.3. The molecule has 3 aromatic rings. The first-order valence-electron chi connectivity index (χ1n) is 7.19. The molecular weight excluding hydrogens is 440 g/mol. The third kappa shape index (κ3) is 3.23. The minimum Gasteiger partial charge on any atom is -0.462 e. The number of thiophene rings is 1. The van der Waals surface area contributed by atoms with Gasteiger partial charge in [0.2, 0.25) is 0 Å². The molecule has 3 rings (SSSR count). The quantitative estimate of drug-likeness (QED) is 0.337. The van der Waals surface area contributed by atoms with E-state index >= 15 is 0 Å². The number of hydrogen-bond acceptors (Lipinski definition) is 3. The van der Waals surface area contributed by atoms with Crippen molar-refractivity contribution in [2.75, 3.05) is 6.61 Å². The van der Waals surface area contributed by atoms with Gasteiger partial charge in [-0.25, -0.2) is 4.79 Å². The summed E-state index contributed by atoms with van der Waals surface area (Å²) in [5, 5.41) is 1.99. The third-order valence-electron chi connectivity index (χ3n) is 3.51. The Morgan fingerprint density at radius 3 is 2.74 bits per heavy atom. The Balaban J connectivity index is 2.18. The predicted molar refractivity (Wildman–Crippen MR) is 104 cm³/mol. The van der Waals surface area contributed by atoms with Crippen molar-refractivity contribution in [1.82, 2.24) is 0 Å². The highest BCUT2D eigenvalue weighted by atomic mass is 79.9. The van der Waals surface area contributed by atoms with E-state index in [1.54, 1.807) is 11.3 Å². The van der Waals surface area contributed by atoms with E-state index in [1.807, 2.05) is 31.2 Å². The number of halogens is 2. The van der Waals surface area contributed by atoms with Gasteiger partial charge in [-0.05, 0) is 46.6 Å². The molecule has 0 saturated heterocycles. The molecule has 0 aliphatic carbocycles. The highest BCUT2D eigenvalue weighted by molar-refractivity contribution is 9.10. The third-order valence-corrected chi connectivity index (χ3v) is 6.45. The molecule has 0 radical (unpaired) electrons. The second-order valence-corrected chi connectivity index (χ2v) is 7.38. The van der Waals surface area contributed by atoms with Gasteiger partial charge in [0.15, 0.2) is 0 Å². The molecule has 118 valence electrons. The van der Waals surface area contributed by atoms with E-state index in [1.165, 1.54) is 15.6 Å². The van der Waals surface area contributed by atoms with Crippen molar-refractivity contribution in [3.05, 3.63) is 58.1 Å². The summed E-state index contributed by atoms with van der Waals surface area (Å²) in [7, 11) is 0. The van der Waals surface area contributed by atoms with Crippen LogP contribution in [0.3, 0.4) is 0 Å². The van der Waals surface area contributed by atoms with E-state index in [9.17, 15) is 4.79 Å². The molecule has 23 heavy (non-hydrogen) atoms. The number of carbonyl (C=O) groups is 1. The van der Waals surface area contributed by atoms with Gasteiger partial charge in [-0.2, -0.15) is 0 Å². The summed E-state index contributed by atoms with van der Waals surface area (Å²) in [5.74, 6) is -0.284. The topological polar surface area (TPSA) is 26.3 Å². The normalized spacial score (nSPS) is 10.9. The average molecular weight is 454 g/mol. The first kappa shape index (κ1) is 16.7. The molecule has 0 atom stereocenters. The van der Waals surface area contributed by atoms with Crippen LogP contribution >= 0.6 is 43.2 Å². The molecule has 2 nitrogen and oxygen atoms in total. The van der Waals surface area contributed by atoms with Crippen LogP contribution in [0.2, 0.25) is 0 Å². The predicted octanol–water partition coefficient (Wildman–Crippen LogP) is 6.40. The molecule has 1 aromatic heterocycles. The minimum absolute atomic E-state index is 0.284. The van der Waals surface area contributed by atoms with E-state index in [0.717, 1.165) is 20.2 Å². The summed E-state index contributed by atoms with van der Waals surface area (Å²) < 4.78 is 7.40. The lowest BCUT2D eigenvalue weighted by Gasteiger charge is -2.07. The second-order valence-electron chi connectivity index (χ2n) is 4.98. The number of fused-ring (bicyclic) bond motifs is 1. The Morgan fingerprint density at radius 2 is 2.00 bits per heavy atom. The van der Waals surface area contributed by atoms with Gasteiger partial charge >= 0.3 is 5.97 Å². The van der Waals surface area contributed by atoms with Gasteiger partial charge in [0.1, 0.15) is 0 Å². The minimum atomic E-state index is -0.284. The van der Waals surface area contributed by atoms with Crippen molar-refractivity contribution < 1.29 is 9.53 Å². The summed E-state index contributed by atoms with van der Waals surface area (Å²) in [6.07, 6.45) is 0. The number of hydrogen-bond donors (Lipinski definition) is 0. The summed E-state index contributed by atoms with van der Waals surface area (Å²) in [5.41, 5.74) is 2.72. The van der Waals surface area contributed by atoms with Gasteiger partial charge < -0.3 is 4.74 Å². The molecule has 0 N–H and O–H groups in total. The monoisotopic (exact) mass is 452 g/mol. The van der Waals surface area contributed by atoms with Crippen molar-refractivity contribution in [2.45, 2.75) is 12.3 Å². The number of esters is 1. The molecule has 0 spiro atoms. The van der Waals surface area contributed by atoms with E-state index in [2.05, 4.69) is 50.1 Å². The molecule has 0 fully saturated rings. The number of carbonyl (C=O) groups excluding carboxylic acids is 1. The van der Waals surface area contributed by atoms with Crippen molar-refractivity contribution in [3.63, 3.8) is 0 Å². The molecule has 5 heteroatoms. The largest absolute Gasteiger partial charge is 0.462 e. The van der Waals surface area contributed by atoms with E-state index in [4.69, 9.17) is 4.74 Å². The highest BCUT2D eigenvalue weighted by Crippen LogP contribution is 2.43.